The Morgan fingerprint density at radius 2 is 1.95 bits per heavy atom. The van der Waals surface area contributed by atoms with Gasteiger partial charge in [0.05, 0.1) is 6.42 Å². The van der Waals surface area contributed by atoms with E-state index in [-0.39, 0.29) is 12.1 Å². The maximum atomic E-state index is 11.8. The van der Waals surface area contributed by atoms with E-state index in [4.69, 9.17) is 4.74 Å². The fourth-order valence-electron chi connectivity index (χ4n) is 2.66. The van der Waals surface area contributed by atoms with E-state index in [0.717, 1.165) is 24.4 Å². The lowest BCUT2D eigenvalue weighted by molar-refractivity contribution is -0.150. The molecule has 1 saturated carbocycles. The van der Waals surface area contributed by atoms with Crippen molar-refractivity contribution in [3.05, 3.63) is 29.8 Å². The number of benzene rings is 1. The largest absolute Gasteiger partial charge is 0.462 e. The van der Waals surface area contributed by atoms with Gasteiger partial charge in [-0.05, 0) is 50.2 Å². The summed E-state index contributed by atoms with van der Waals surface area (Å²) >= 11 is 0. The van der Waals surface area contributed by atoms with E-state index in [1.54, 1.807) is 0 Å². The summed E-state index contributed by atoms with van der Waals surface area (Å²) in [6, 6.07) is 8.10. The molecule has 3 heteroatoms. The molecule has 3 nitrogen and oxygen atoms in total. The molecule has 20 heavy (non-hydrogen) atoms. The van der Waals surface area contributed by atoms with E-state index < -0.39 is 0 Å². The van der Waals surface area contributed by atoms with E-state index in [0.29, 0.717) is 13.0 Å². The molecule has 1 aromatic carbocycles. The number of carbonyl (C=O) groups is 1. The summed E-state index contributed by atoms with van der Waals surface area (Å²) in [7, 11) is 0. The van der Waals surface area contributed by atoms with Crippen molar-refractivity contribution < 1.29 is 9.53 Å². The van der Waals surface area contributed by atoms with Crippen LogP contribution in [-0.4, -0.2) is 18.6 Å². The molecule has 0 spiro atoms. The quantitative estimate of drug-likeness (QED) is 0.828. The lowest BCUT2D eigenvalue weighted by Gasteiger charge is -2.26. The molecule has 0 radical (unpaired) electrons. The fourth-order valence-corrected chi connectivity index (χ4v) is 2.66. The Kier molecular flexibility index (Phi) is 5.45. The van der Waals surface area contributed by atoms with Gasteiger partial charge in [0.25, 0.3) is 0 Å². The topological polar surface area (TPSA) is 38.3 Å². The van der Waals surface area contributed by atoms with Crippen LogP contribution < -0.4 is 5.32 Å². The third-order valence-electron chi connectivity index (χ3n) is 4.05. The maximum absolute atomic E-state index is 11.8. The first-order valence-electron chi connectivity index (χ1n) is 7.64. The molecule has 1 N–H and O–H groups in total. The first-order chi connectivity index (χ1) is 9.65. The van der Waals surface area contributed by atoms with Gasteiger partial charge in [0.2, 0.25) is 0 Å². The van der Waals surface area contributed by atoms with Crippen molar-refractivity contribution in [1.29, 1.82) is 0 Å². The third-order valence-corrected chi connectivity index (χ3v) is 4.05. The SMILES string of the molecule is Cc1ccccc1NCCC(=O)OC1CCC(C)CC1. The summed E-state index contributed by atoms with van der Waals surface area (Å²) in [5.41, 5.74) is 2.29. The minimum Gasteiger partial charge on any atom is -0.462 e. The summed E-state index contributed by atoms with van der Waals surface area (Å²) in [5, 5.41) is 3.29. The Morgan fingerprint density at radius 1 is 1.25 bits per heavy atom. The molecule has 0 unspecified atom stereocenters. The van der Waals surface area contributed by atoms with Crippen molar-refractivity contribution in [2.75, 3.05) is 11.9 Å². The van der Waals surface area contributed by atoms with E-state index in [1.165, 1.54) is 18.4 Å². The van der Waals surface area contributed by atoms with Gasteiger partial charge in [-0.1, -0.05) is 25.1 Å². The monoisotopic (exact) mass is 275 g/mol. The van der Waals surface area contributed by atoms with Gasteiger partial charge in [0.1, 0.15) is 6.10 Å². The molecule has 0 atom stereocenters. The summed E-state index contributed by atoms with van der Waals surface area (Å²) in [5.74, 6) is 0.707. The van der Waals surface area contributed by atoms with Crippen LogP contribution in [0.1, 0.15) is 44.6 Å². The van der Waals surface area contributed by atoms with Crippen LogP contribution in [0.15, 0.2) is 24.3 Å². The third kappa shape index (κ3) is 4.55. The van der Waals surface area contributed by atoms with Gasteiger partial charge in [0, 0.05) is 12.2 Å². The minimum atomic E-state index is -0.0781. The Morgan fingerprint density at radius 3 is 2.65 bits per heavy atom. The summed E-state index contributed by atoms with van der Waals surface area (Å²) in [6.45, 7) is 4.96. The zero-order valence-corrected chi connectivity index (χ0v) is 12.5. The van der Waals surface area contributed by atoms with Crippen LogP contribution >= 0.6 is 0 Å². The lowest BCUT2D eigenvalue weighted by Crippen LogP contribution is -2.24. The van der Waals surface area contributed by atoms with Gasteiger partial charge in [-0.15, -0.1) is 0 Å². The molecular formula is C17H25NO2. The highest BCUT2D eigenvalue weighted by Crippen LogP contribution is 2.25. The summed E-state index contributed by atoms with van der Waals surface area (Å²) < 4.78 is 5.53. The van der Waals surface area contributed by atoms with Gasteiger partial charge in [0.15, 0.2) is 0 Å². The molecule has 1 aliphatic rings. The normalized spacial score (nSPS) is 22.3. The molecule has 0 aromatic heterocycles. The van der Waals surface area contributed by atoms with E-state index in [2.05, 4.69) is 25.2 Å². The second-order valence-corrected chi connectivity index (χ2v) is 5.86. The van der Waals surface area contributed by atoms with Crippen LogP contribution in [0.25, 0.3) is 0 Å². The van der Waals surface area contributed by atoms with Crippen molar-refractivity contribution in [2.24, 2.45) is 5.92 Å². The van der Waals surface area contributed by atoms with Gasteiger partial charge in [-0.25, -0.2) is 0 Å². The fraction of sp³-hybridized carbons (Fsp3) is 0.588. The van der Waals surface area contributed by atoms with E-state index in [9.17, 15) is 4.79 Å². The van der Waals surface area contributed by atoms with Crippen molar-refractivity contribution in [2.45, 2.75) is 52.1 Å². The number of aryl methyl sites for hydroxylation is 1. The zero-order valence-electron chi connectivity index (χ0n) is 12.5. The number of anilines is 1. The Bertz CT molecular complexity index is 436. The number of esters is 1. The first kappa shape index (κ1) is 14.9. The van der Waals surface area contributed by atoms with Crippen LogP contribution in [0.3, 0.4) is 0 Å². The van der Waals surface area contributed by atoms with Gasteiger partial charge >= 0.3 is 5.97 Å². The second-order valence-electron chi connectivity index (χ2n) is 5.86. The molecule has 1 aromatic rings. The van der Waals surface area contributed by atoms with Crippen molar-refractivity contribution >= 4 is 11.7 Å². The van der Waals surface area contributed by atoms with Gasteiger partial charge in [-0.3, -0.25) is 4.79 Å². The number of hydrogen-bond acceptors (Lipinski definition) is 3. The molecule has 0 aliphatic heterocycles. The Hall–Kier alpha value is -1.51. The number of hydrogen-bond donors (Lipinski definition) is 1. The number of rotatable bonds is 5. The maximum Gasteiger partial charge on any atom is 0.307 e. The van der Waals surface area contributed by atoms with Crippen molar-refractivity contribution in [3.8, 4) is 0 Å². The van der Waals surface area contributed by atoms with Crippen LogP contribution in [0.5, 0.6) is 0 Å². The molecule has 0 saturated heterocycles. The molecule has 1 aliphatic carbocycles. The number of ether oxygens (including phenoxy) is 1. The molecule has 0 amide bonds. The smallest absolute Gasteiger partial charge is 0.307 e. The highest BCUT2D eigenvalue weighted by atomic mass is 16.5. The molecule has 110 valence electrons. The van der Waals surface area contributed by atoms with Crippen molar-refractivity contribution in [3.63, 3.8) is 0 Å². The van der Waals surface area contributed by atoms with E-state index in [1.807, 2.05) is 18.2 Å². The summed E-state index contributed by atoms with van der Waals surface area (Å²) in [6.07, 6.45) is 4.99. The summed E-state index contributed by atoms with van der Waals surface area (Å²) in [4.78, 5) is 11.8. The first-order valence-corrected chi connectivity index (χ1v) is 7.64. The number of para-hydroxylation sites is 1. The molecule has 1 fully saturated rings. The average Bonchev–Trinajstić information content (AvgIpc) is 2.43. The number of carbonyl (C=O) groups excluding carboxylic acids is 1. The zero-order chi connectivity index (χ0) is 14.4. The van der Waals surface area contributed by atoms with Crippen LogP contribution in [0.2, 0.25) is 0 Å². The van der Waals surface area contributed by atoms with Crippen LogP contribution in [0.4, 0.5) is 5.69 Å². The highest BCUT2D eigenvalue weighted by Gasteiger charge is 2.21. The van der Waals surface area contributed by atoms with Gasteiger partial charge in [-0.2, -0.15) is 0 Å². The molecule has 0 heterocycles. The lowest BCUT2D eigenvalue weighted by atomic mass is 9.89. The van der Waals surface area contributed by atoms with Crippen LogP contribution in [-0.2, 0) is 9.53 Å². The van der Waals surface area contributed by atoms with Crippen LogP contribution in [0, 0.1) is 12.8 Å². The molecule has 0 bridgehead atoms. The average molecular weight is 275 g/mol. The van der Waals surface area contributed by atoms with Crippen molar-refractivity contribution in [1.82, 2.24) is 0 Å². The molecule has 2 rings (SSSR count). The second kappa shape index (κ2) is 7.32. The highest BCUT2D eigenvalue weighted by molar-refractivity contribution is 5.70. The molecular weight excluding hydrogens is 250 g/mol. The van der Waals surface area contributed by atoms with E-state index >= 15 is 0 Å². The standard InChI is InChI=1S/C17H25NO2/c1-13-7-9-15(10-8-13)20-17(19)11-12-18-16-6-4-3-5-14(16)2/h3-6,13,15,18H,7-12H2,1-2H3. The predicted molar refractivity (Wildman–Crippen MR) is 81.8 cm³/mol. The van der Waals surface area contributed by atoms with Gasteiger partial charge < -0.3 is 10.1 Å². The minimum absolute atomic E-state index is 0.0781. The Labute approximate surface area is 121 Å². The predicted octanol–water partition coefficient (Wildman–Crippen LogP) is 3.92. The Balaban J connectivity index is 1.67. The number of nitrogens with one attached hydrogen (secondary N) is 1.